The molecule has 5 nitrogen and oxygen atoms in total. The highest BCUT2D eigenvalue weighted by Crippen LogP contribution is 2.18. The van der Waals surface area contributed by atoms with Crippen LogP contribution in [0, 0.1) is 0 Å². The third kappa shape index (κ3) is 5.07. The SMILES string of the molecule is CC(=O)c1ccc(N2CCN(C[C@H](O)COc3ccccc3)CC2)cc1. The molecule has 26 heavy (non-hydrogen) atoms. The number of aliphatic hydroxyl groups excluding tert-OH is 1. The molecular formula is C21H26N2O3. The number of piperazine rings is 1. The smallest absolute Gasteiger partial charge is 0.159 e. The summed E-state index contributed by atoms with van der Waals surface area (Å²) in [5.41, 5.74) is 1.89. The molecule has 1 fully saturated rings. The third-order valence-electron chi connectivity index (χ3n) is 4.67. The van der Waals surface area contributed by atoms with E-state index in [4.69, 9.17) is 4.74 Å². The molecule has 0 saturated carbocycles. The molecule has 1 atom stereocenters. The molecule has 0 radical (unpaired) electrons. The number of β-amino-alcohol motifs (C(OH)–C–C–N with tert-alkyl or cyclic N) is 1. The highest BCUT2D eigenvalue weighted by molar-refractivity contribution is 5.94. The standard InChI is InChI=1S/C21H26N2O3/c1-17(24)18-7-9-19(10-8-18)23-13-11-22(12-14-23)15-20(25)16-26-21-5-3-2-4-6-21/h2-10,20,25H,11-16H2,1H3/t20-/m0/s1. The van der Waals surface area contributed by atoms with E-state index >= 15 is 0 Å². The Labute approximate surface area is 154 Å². The first kappa shape index (κ1) is 18.4. The van der Waals surface area contributed by atoms with Gasteiger partial charge in [0.15, 0.2) is 5.78 Å². The van der Waals surface area contributed by atoms with Crippen molar-refractivity contribution in [2.24, 2.45) is 0 Å². The minimum atomic E-state index is -0.503. The first-order valence-electron chi connectivity index (χ1n) is 9.06. The van der Waals surface area contributed by atoms with E-state index in [2.05, 4.69) is 9.80 Å². The minimum absolute atomic E-state index is 0.0908. The second kappa shape index (κ2) is 8.83. The van der Waals surface area contributed by atoms with Gasteiger partial charge in [-0.05, 0) is 43.3 Å². The molecule has 5 heteroatoms. The van der Waals surface area contributed by atoms with Gasteiger partial charge in [-0.3, -0.25) is 9.69 Å². The molecule has 1 N–H and O–H groups in total. The van der Waals surface area contributed by atoms with Crippen LogP contribution in [0.1, 0.15) is 17.3 Å². The van der Waals surface area contributed by atoms with E-state index in [9.17, 15) is 9.90 Å². The summed E-state index contributed by atoms with van der Waals surface area (Å²) in [6.45, 7) is 6.12. The van der Waals surface area contributed by atoms with Crippen molar-refractivity contribution in [1.29, 1.82) is 0 Å². The molecule has 0 aromatic heterocycles. The zero-order valence-electron chi connectivity index (χ0n) is 15.2. The molecule has 1 heterocycles. The Morgan fingerprint density at radius 3 is 2.31 bits per heavy atom. The van der Waals surface area contributed by atoms with Crippen molar-refractivity contribution in [1.82, 2.24) is 4.90 Å². The Kier molecular flexibility index (Phi) is 6.26. The minimum Gasteiger partial charge on any atom is -0.491 e. The molecule has 1 aliphatic rings. The number of aliphatic hydroxyl groups is 1. The highest BCUT2D eigenvalue weighted by atomic mass is 16.5. The van der Waals surface area contributed by atoms with Crippen molar-refractivity contribution >= 4 is 11.5 Å². The van der Waals surface area contributed by atoms with Crippen molar-refractivity contribution in [3.05, 3.63) is 60.2 Å². The van der Waals surface area contributed by atoms with E-state index < -0.39 is 6.10 Å². The molecule has 2 aromatic carbocycles. The molecule has 0 amide bonds. The van der Waals surface area contributed by atoms with Gasteiger partial charge in [0, 0.05) is 44.0 Å². The van der Waals surface area contributed by atoms with Gasteiger partial charge in [-0.1, -0.05) is 18.2 Å². The molecule has 3 rings (SSSR count). The lowest BCUT2D eigenvalue weighted by Gasteiger charge is -2.36. The summed E-state index contributed by atoms with van der Waals surface area (Å²) >= 11 is 0. The van der Waals surface area contributed by atoms with Gasteiger partial charge in [-0.15, -0.1) is 0 Å². The average molecular weight is 354 g/mol. The van der Waals surface area contributed by atoms with Crippen molar-refractivity contribution in [3.8, 4) is 5.75 Å². The Morgan fingerprint density at radius 1 is 1.04 bits per heavy atom. The van der Waals surface area contributed by atoms with E-state index in [0.29, 0.717) is 13.2 Å². The van der Waals surface area contributed by atoms with E-state index in [-0.39, 0.29) is 5.78 Å². The van der Waals surface area contributed by atoms with E-state index in [1.807, 2.05) is 54.6 Å². The monoisotopic (exact) mass is 354 g/mol. The average Bonchev–Trinajstić information content (AvgIpc) is 2.68. The van der Waals surface area contributed by atoms with Crippen molar-refractivity contribution in [2.45, 2.75) is 13.0 Å². The predicted octanol–water partition coefficient (Wildman–Crippen LogP) is 2.45. The van der Waals surface area contributed by atoms with Crippen LogP contribution >= 0.6 is 0 Å². The second-order valence-electron chi connectivity index (χ2n) is 6.67. The fraction of sp³-hybridized carbons (Fsp3) is 0.381. The number of nitrogens with zero attached hydrogens (tertiary/aromatic N) is 2. The van der Waals surface area contributed by atoms with Crippen LogP contribution in [0.4, 0.5) is 5.69 Å². The summed E-state index contributed by atoms with van der Waals surface area (Å²) in [4.78, 5) is 15.9. The first-order valence-corrected chi connectivity index (χ1v) is 9.06. The lowest BCUT2D eigenvalue weighted by atomic mass is 10.1. The Morgan fingerprint density at radius 2 is 1.69 bits per heavy atom. The van der Waals surface area contributed by atoms with Crippen molar-refractivity contribution in [2.75, 3.05) is 44.2 Å². The van der Waals surface area contributed by atoms with Gasteiger partial charge >= 0.3 is 0 Å². The maximum absolute atomic E-state index is 11.4. The van der Waals surface area contributed by atoms with Crippen molar-refractivity contribution in [3.63, 3.8) is 0 Å². The Hall–Kier alpha value is -2.37. The van der Waals surface area contributed by atoms with Crippen LogP contribution in [0.2, 0.25) is 0 Å². The molecule has 1 saturated heterocycles. The maximum atomic E-state index is 11.4. The van der Waals surface area contributed by atoms with Crippen LogP contribution in [0.15, 0.2) is 54.6 Å². The number of carbonyl (C=O) groups is 1. The summed E-state index contributed by atoms with van der Waals surface area (Å²) in [6, 6.07) is 17.4. The van der Waals surface area contributed by atoms with Crippen LogP contribution in [-0.2, 0) is 0 Å². The molecule has 0 unspecified atom stereocenters. The number of para-hydroxylation sites is 1. The maximum Gasteiger partial charge on any atom is 0.159 e. The Bertz CT molecular complexity index is 695. The molecule has 0 aliphatic carbocycles. The summed E-state index contributed by atoms with van der Waals surface area (Å²) in [6.07, 6.45) is -0.503. The topological polar surface area (TPSA) is 53.0 Å². The molecule has 138 valence electrons. The largest absolute Gasteiger partial charge is 0.491 e. The van der Waals surface area contributed by atoms with Gasteiger partial charge in [0.2, 0.25) is 0 Å². The van der Waals surface area contributed by atoms with Crippen LogP contribution in [-0.4, -0.2) is 61.2 Å². The number of Topliss-reactive ketones (excluding diaryl/α,β-unsaturated/α-hetero) is 1. The molecule has 1 aliphatic heterocycles. The quantitative estimate of drug-likeness (QED) is 0.774. The number of ketones is 1. The number of hydrogen-bond donors (Lipinski definition) is 1. The number of carbonyl (C=O) groups excluding carboxylic acids is 1. The second-order valence-corrected chi connectivity index (χ2v) is 6.67. The number of benzene rings is 2. The lowest BCUT2D eigenvalue weighted by molar-refractivity contribution is 0.0663. The van der Waals surface area contributed by atoms with Gasteiger partial charge < -0.3 is 14.7 Å². The van der Waals surface area contributed by atoms with Crippen LogP contribution in [0.5, 0.6) is 5.75 Å². The number of ether oxygens (including phenoxy) is 1. The van der Waals surface area contributed by atoms with E-state index in [1.54, 1.807) is 6.92 Å². The van der Waals surface area contributed by atoms with Gasteiger partial charge in [-0.2, -0.15) is 0 Å². The lowest BCUT2D eigenvalue weighted by Crippen LogP contribution is -2.49. The molecule has 0 spiro atoms. The summed E-state index contributed by atoms with van der Waals surface area (Å²) in [5, 5.41) is 10.2. The van der Waals surface area contributed by atoms with E-state index in [0.717, 1.165) is 43.2 Å². The van der Waals surface area contributed by atoms with Gasteiger partial charge in [-0.25, -0.2) is 0 Å². The Balaban J connectivity index is 1.42. The zero-order chi connectivity index (χ0) is 18.4. The number of anilines is 1. The molecular weight excluding hydrogens is 328 g/mol. The van der Waals surface area contributed by atoms with E-state index in [1.165, 1.54) is 0 Å². The van der Waals surface area contributed by atoms with Gasteiger partial charge in [0.25, 0.3) is 0 Å². The van der Waals surface area contributed by atoms with Gasteiger partial charge in [0.1, 0.15) is 18.5 Å². The normalized spacial score (nSPS) is 16.3. The van der Waals surface area contributed by atoms with Crippen LogP contribution in [0.25, 0.3) is 0 Å². The number of rotatable bonds is 7. The fourth-order valence-corrected chi connectivity index (χ4v) is 3.16. The van der Waals surface area contributed by atoms with Gasteiger partial charge in [0.05, 0.1) is 0 Å². The first-order chi connectivity index (χ1) is 12.6. The summed E-state index contributed by atoms with van der Waals surface area (Å²) in [7, 11) is 0. The fourth-order valence-electron chi connectivity index (χ4n) is 3.16. The van der Waals surface area contributed by atoms with Crippen molar-refractivity contribution < 1.29 is 14.6 Å². The molecule has 2 aromatic rings. The third-order valence-corrected chi connectivity index (χ3v) is 4.67. The zero-order valence-corrected chi connectivity index (χ0v) is 15.2. The predicted molar refractivity (Wildman–Crippen MR) is 103 cm³/mol. The summed E-state index contributed by atoms with van der Waals surface area (Å²) < 4.78 is 5.62. The number of hydrogen-bond acceptors (Lipinski definition) is 5. The summed E-state index contributed by atoms with van der Waals surface area (Å²) in [5.74, 6) is 0.874. The van der Waals surface area contributed by atoms with Crippen LogP contribution in [0.3, 0.4) is 0 Å². The molecule has 0 bridgehead atoms. The van der Waals surface area contributed by atoms with Crippen LogP contribution < -0.4 is 9.64 Å². The highest BCUT2D eigenvalue weighted by Gasteiger charge is 2.20.